The molecular formula is C24H21N5O2. The Balaban J connectivity index is 1.44. The molecule has 4 aromatic rings. The average molecular weight is 411 g/mol. The van der Waals surface area contributed by atoms with Crippen molar-refractivity contribution in [3.8, 4) is 17.1 Å². The number of ether oxygens (including phenoxy) is 1. The molecule has 31 heavy (non-hydrogen) atoms. The van der Waals surface area contributed by atoms with Crippen LogP contribution in [0.1, 0.15) is 17.2 Å². The summed E-state index contributed by atoms with van der Waals surface area (Å²) in [7, 11) is 0. The highest BCUT2D eigenvalue weighted by Crippen LogP contribution is 2.39. The minimum absolute atomic E-state index is 0.0173. The molecule has 0 saturated carbocycles. The Hall–Kier alpha value is -4.00. The highest BCUT2D eigenvalue weighted by Gasteiger charge is 2.33. The van der Waals surface area contributed by atoms with Gasteiger partial charge in [0.05, 0.1) is 11.7 Å². The number of anilines is 1. The van der Waals surface area contributed by atoms with Crippen molar-refractivity contribution in [2.24, 2.45) is 0 Å². The number of aryl methyl sites for hydroxylation is 1. The van der Waals surface area contributed by atoms with Crippen LogP contribution in [0.25, 0.3) is 11.4 Å². The van der Waals surface area contributed by atoms with Crippen LogP contribution in [0.4, 0.5) is 5.69 Å². The molecule has 1 aliphatic heterocycles. The van der Waals surface area contributed by atoms with Crippen LogP contribution in [0.3, 0.4) is 0 Å². The lowest BCUT2D eigenvalue weighted by atomic mass is 10.0. The van der Waals surface area contributed by atoms with Crippen LogP contribution in [0.5, 0.6) is 5.75 Å². The minimum Gasteiger partial charge on any atom is -0.489 e. The molecule has 1 aliphatic rings. The first-order chi connectivity index (χ1) is 15.2. The van der Waals surface area contributed by atoms with Gasteiger partial charge in [-0.1, -0.05) is 72.3 Å². The number of amides is 1. The number of aromatic nitrogens is 4. The van der Waals surface area contributed by atoms with E-state index in [1.165, 1.54) is 4.80 Å². The third kappa shape index (κ3) is 3.77. The maximum absolute atomic E-state index is 13.4. The van der Waals surface area contributed by atoms with Gasteiger partial charge in [0.25, 0.3) is 5.91 Å². The highest BCUT2D eigenvalue weighted by molar-refractivity contribution is 5.96. The third-order valence-corrected chi connectivity index (χ3v) is 5.33. The first kappa shape index (κ1) is 19.0. The van der Waals surface area contributed by atoms with Crippen LogP contribution in [0, 0.1) is 6.92 Å². The molecule has 1 atom stereocenters. The Morgan fingerprint density at radius 3 is 2.55 bits per heavy atom. The predicted octanol–water partition coefficient (Wildman–Crippen LogP) is 3.82. The van der Waals surface area contributed by atoms with Crippen molar-refractivity contribution in [2.45, 2.75) is 19.5 Å². The quantitative estimate of drug-likeness (QED) is 0.511. The number of hydrogen-bond acceptors (Lipinski definition) is 5. The average Bonchev–Trinajstić information content (AvgIpc) is 3.27. The lowest BCUT2D eigenvalue weighted by molar-refractivity contribution is -0.120. The normalized spacial score (nSPS) is 15.3. The zero-order chi connectivity index (χ0) is 21.2. The van der Waals surface area contributed by atoms with Gasteiger partial charge < -0.3 is 4.74 Å². The number of benzene rings is 3. The summed E-state index contributed by atoms with van der Waals surface area (Å²) in [5, 5.41) is 12.6. The number of nitrogens with zero attached hydrogens (tertiary/aromatic N) is 5. The van der Waals surface area contributed by atoms with Gasteiger partial charge >= 0.3 is 0 Å². The fourth-order valence-electron chi connectivity index (χ4n) is 3.74. The number of para-hydroxylation sites is 2. The molecular weight excluding hydrogens is 390 g/mol. The van der Waals surface area contributed by atoms with Crippen LogP contribution in [-0.2, 0) is 11.3 Å². The molecule has 7 nitrogen and oxygen atoms in total. The fourth-order valence-corrected chi connectivity index (χ4v) is 3.74. The summed E-state index contributed by atoms with van der Waals surface area (Å²) < 4.78 is 5.95. The largest absolute Gasteiger partial charge is 0.489 e. The molecule has 0 radical (unpaired) electrons. The number of carbonyl (C=O) groups excluding carboxylic acids is 1. The van der Waals surface area contributed by atoms with E-state index in [1.54, 1.807) is 4.90 Å². The molecule has 0 spiro atoms. The van der Waals surface area contributed by atoms with Gasteiger partial charge in [-0.2, -0.15) is 4.80 Å². The Morgan fingerprint density at radius 2 is 1.74 bits per heavy atom. The van der Waals surface area contributed by atoms with Crippen LogP contribution in [-0.4, -0.2) is 32.7 Å². The lowest BCUT2D eigenvalue weighted by Crippen LogP contribution is -2.43. The van der Waals surface area contributed by atoms with Gasteiger partial charge in [-0.3, -0.25) is 9.69 Å². The van der Waals surface area contributed by atoms with Crippen LogP contribution in [0.15, 0.2) is 78.9 Å². The highest BCUT2D eigenvalue weighted by atomic mass is 16.5. The Kier molecular flexibility index (Phi) is 4.92. The van der Waals surface area contributed by atoms with Crippen molar-refractivity contribution in [1.29, 1.82) is 0 Å². The second kappa shape index (κ2) is 8.02. The number of tetrazole rings is 1. The SMILES string of the molecule is Cc1ccc(-c2nnn(CC(=O)N3c4ccccc4OCC3c3ccccc3)n2)cc1. The van der Waals surface area contributed by atoms with Gasteiger partial charge in [-0.05, 0) is 29.8 Å². The second-order valence-electron chi connectivity index (χ2n) is 7.48. The molecule has 0 fully saturated rings. The van der Waals surface area contributed by atoms with E-state index in [2.05, 4.69) is 15.4 Å². The monoisotopic (exact) mass is 411 g/mol. The molecule has 1 aromatic heterocycles. The molecule has 0 bridgehead atoms. The molecule has 154 valence electrons. The van der Waals surface area contributed by atoms with Gasteiger partial charge in [-0.25, -0.2) is 0 Å². The van der Waals surface area contributed by atoms with Crippen LogP contribution in [0.2, 0.25) is 0 Å². The number of carbonyl (C=O) groups is 1. The van der Waals surface area contributed by atoms with Gasteiger partial charge in [0, 0.05) is 5.56 Å². The zero-order valence-corrected chi connectivity index (χ0v) is 17.0. The zero-order valence-electron chi connectivity index (χ0n) is 17.0. The third-order valence-electron chi connectivity index (χ3n) is 5.33. The van der Waals surface area contributed by atoms with E-state index < -0.39 is 0 Å². The van der Waals surface area contributed by atoms with E-state index in [9.17, 15) is 4.79 Å². The Bertz CT molecular complexity index is 1200. The minimum atomic E-state index is -0.233. The van der Waals surface area contributed by atoms with E-state index in [4.69, 9.17) is 4.74 Å². The maximum atomic E-state index is 13.4. The van der Waals surface area contributed by atoms with Crippen molar-refractivity contribution >= 4 is 11.6 Å². The topological polar surface area (TPSA) is 73.1 Å². The van der Waals surface area contributed by atoms with E-state index in [0.29, 0.717) is 18.2 Å². The van der Waals surface area contributed by atoms with E-state index in [-0.39, 0.29) is 18.5 Å². The van der Waals surface area contributed by atoms with E-state index >= 15 is 0 Å². The number of hydrogen-bond donors (Lipinski definition) is 0. The fraction of sp³-hybridized carbons (Fsp3) is 0.167. The summed E-state index contributed by atoms with van der Waals surface area (Å²) in [5.41, 5.74) is 3.77. The molecule has 0 N–H and O–H groups in total. The molecule has 1 unspecified atom stereocenters. The van der Waals surface area contributed by atoms with Crippen molar-refractivity contribution in [3.63, 3.8) is 0 Å². The summed E-state index contributed by atoms with van der Waals surface area (Å²) in [6.45, 7) is 2.39. The smallest absolute Gasteiger partial charge is 0.251 e. The van der Waals surface area contributed by atoms with Gasteiger partial charge in [0.1, 0.15) is 18.9 Å². The molecule has 3 aromatic carbocycles. The van der Waals surface area contributed by atoms with Crippen molar-refractivity contribution in [2.75, 3.05) is 11.5 Å². The predicted molar refractivity (Wildman–Crippen MR) is 117 cm³/mol. The summed E-state index contributed by atoms with van der Waals surface area (Å²) in [6.07, 6.45) is 0. The molecule has 0 saturated heterocycles. The first-order valence-corrected chi connectivity index (χ1v) is 10.1. The first-order valence-electron chi connectivity index (χ1n) is 10.1. The molecule has 2 heterocycles. The van der Waals surface area contributed by atoms with Gasteiger partial charge in [0.2, 0.25) is 5.82 Å². The lowest BCUT2D eigenvalue weighted by Gasteiger charge is -2.37. The number of rotatable bonds is 4. The summed E-state index contributed by atoms with van der Waals surface area (Å²) in [4.78, 5) is 16.6. The molecule has 7 heteroatoms. The van der Waals surface area contributed by atoms with Crippen molar-refractivity contribution < 1.29 is 9.53 Å². The van der Waals surface area contributed by atoms with E-state index in [1.807, 2.05) is 85.8 Å². The summed E-state index contributed by atoms with van der Waals surface area (Å²) >= 11 is 0. The van der Waals surface area contributed by atoms with Crippen LogP contribution >= 0.6 is 0 Å². The van der Waals surface area contributed by atoms with Crippen LogP contribution < -0.4 is 9.64 Å². The summed E-state index contributed by atoms with van der Waals surface area (Å²) in [5.74, 6) is 1.06. The van der Waals surface area contributed by atoms with Gasteiger partial charge in [-0.15, -0.1) is 10.2 Å². The van der Waals surface area contributed by atoms with Crippen molar-refractivity contribution in [3.05, 3.63) is 90.0 Å². The van der Waals surface area contributed by atoms with Gasteiger partial charge in [0.15, 0.2) is 0 Å². The number of fused-ring (bicyclic) bond motifs is 1. The molecule has 1 amide bonds. The van der Waals surface area contributed by atoms with Crippen molar-refractivity contribution in [1.82, 2.24) is 20.2 Å². The maximum Gasteiger partial charge on any atom is 0.251 e. The summed E-state index contributed by atoms with van der Waals surface area (Å²) in [6, 6.07) is 25.1. The molecule has 5 rings (SSSR count). The Labute approximate surface area is 179 Å². The second-order valence-corrected chi connectivity index (χ2v) is 7.48. The molecule has 0 aliphatic carbocycles. The van der Waals surface area contributed by atoms with E-state index in [0.717, 1.165) is 22.4 Å². The standard InChI is InChI=1S/C24H21N5O2/c1-17-11-13-19(14-12-17)24-25-27-28(26-24)15-23(30)29-20-9-5-6-10-22(20)31-16-21(29)18-7-3-2-4-8-18/h2-14,21H,15-16H2,1H3. The Morgan fingerprint density at radius 1 is 1.00 bits per heavy atom.